The molecule has 1 aromatic rings. The van der Waals surface area contributed by atoms with E-state index in [0.717, 1.165) is 19.3 Å². The summed E-state index contributed by atoms with van der Waals surface area (Å²) in [5, 5.41) is 45.1. The Kier molecular flexibility index (Phi) is 20.7. The number of aromatic hydroxyl groups is 1. The smallest absolute Gasteiger partial charge is 0.328 e. The first-order valence-corrected chi connectivity index (χ1v) is 16.7. The molecule has 12 heteroatoms. The molecule has 260 valence electrons. The van der Waals surface area contributed by atoms with Gasteiger partial charge in [-0.3, -0.25) is 19.2 Å². The van der Waals surface area contributed by atoms with Crippen LogP contribution in [-0.2, 0) is 30.4 Å². The fourth-order valence-electron chi connectivity index (χ4n) is 5.10. The third kappa shape index (κ3) is 18.3. The van der Waals surface area contributed by atoms with Crippen LogP contribution in [0.4, 0.5) is 0 Å². The lowest BCUT2D eigenvalue weighted by molar-refractivity contribution is -0.145. The van der Waals surface area contributed by atoms with Crippen LogP contribution in [0.1, 0.15) is 122 Å². The first-order valence-electron chi connectivity index (χ1n) is 16.7. The first kappa shape index (κ1) is 40.4. The molecule has 0 aliphatic rings. The number of aliphatic carboxylic acids is 2. The van der Waals surface area contributed by atoms with Crippen molar-refractivity contribution in [3.8, 4) is 5.75 Å². The summed E-state index contributed by atoms with van der Waals surface area (Å²) in [5.74, 6) is -4.81. The molecule has 0 radical (unpaired) electrons. The highest BCUT2D eigenvalue weighted by Gasteiger charge is 2.31. The number of rotatable bonds is 26. The molecule has 0 bridgehead atoms. The van der Waals surface area contributed by atoms with E-state index in [1.54, 1.807) is 12.1 Å². The maximum absolute atomic E-state index is 13.4. The topological polar surface area (TPSA) is 202 Å². The van der Waals surface area contributed by atoms with Gasteiger partial charge >= 0.3 is 11.9 Å². The summed E-state index contributed by atoms with van der Waals surface area (Å²) in [6.45, 7) is 3.39. The Hall–Kier alpha value is -3.67. The monoisotopic (exact) mass is 649 g/mol. The van der Waals surface area contributed by atoms with Gasteiger partial charge in [0.1, 0.15) is 17.8 Å². The fourth-order valence-corrected chi connectivity index (χ4v) is 5.10. The summed E-state index contributed by atoms with van der Waals surface area (Å²) in [6.07, 6.45) is 13.1. The van der Waals surface area contributed by atoms with Crippen LogP contribution >= 0.6 is 0 Å². The lowest BCUT2D eigenvalue weighted by atomic mass is 10.0. The minimum atomic E-state index is -1.68. The molecular formula is C34H55N3O9. The summed E-state index contributed by atoms with van der Waals surface area (Å²) in [5.41, 5.74) is 0.616. The van der Waals surface area contributed by atoms with Crippen LogP contribution in [0.15, 0.2) is 24.3 Å². The largest absolute Gasteiger partial charge is 0.508 e. The van der Waals surface area contributed by atoms with Gasteiger partial charge in [-0.2, -0.15) is 0 Å². The molecule has 0 heterocycles. The van der Waals surface area contributed by atoms with Crippen molar-refractivity contribution in [3.63, 3.8) is 0 Å². The number of unbranched alkanes of at least 4 members (excludes halogenated alkanes) is 12. The van der Waals surface area contributed by atoms with E-state index in [1.807, 2.05) is 0 Å². The third-order valence-electron chi connectivity index (χ3n) is 7.86. The molecule has 0 aromatic heterocycles. The first-order chi connectivity index (χ1) is 21.9. The molecule has 0 aliphatic carbocycles. The van der Waals surface area contributed by atoms with Gasteiger partial charge in [-0.05, 0) is 37.5 Å². The second-order valence-corrected chi connectivity index (χ2v) is 12.0. The van der Waals surface area contributed by atoms with Crippen molar-refractivity contribution >= 4 is 29.7 Å². The van der Waals surface area contributed by atoms with E-state index in [0.29, 0.717) is 12.0 Å². The Balaban J connectivity index is 2.72. The van der Waals surface area contributed by atoms with Gasteiger partial charge in [0.2, 0.25) is 17.7 Å². The van der Waals surface area contributed by atoms with E-state index in [9.17, 15) is 39.3 Å². The molecule has 1 aromatic carbocycles. The normalized spacial score (nSPS) is 13.6. The SMILES string of the molecule is CCCCCCCCCCCCCCCC(=O)N[C@@H](Cc1ccc(O)cc1)C(=O)N[C@@H](CCC(=O)O)C(=O)N[C@H](C(=O)O)[C@@H](C)O. The Morgan fingerprint density at radius 1 is 0.674 bits per heavy atom. The molecule has 4 atom stereocenters. The highest BCUT2D eigenvalue weighted by Crippen LogP contribution is 2.14. The summed E-state index contributed by atoms with van der Waals surface area (Å²) >= 11 is 0. The lowest BCUT2D eigenvalue weighted by Crippen LogP contribution is -2.57. The number of aliphatic hydroxyl groups excluding tert-OH is 1. The van der Waals surface area contributed by atoms with E-state index in [-0.39, 0.29) is 30.9 Å². The summed E-state index contributed by atoms with van der Waals surface area (Å²) in [4.78, 5) is 61.8. The Labute approximate surface area is 272 Å². The van der Waals surface area contributed by atoms with Crippen molar-refractivity contribution < 1.29 is 44.4 Å². The minimum Gasteiger partial charge on any atom is -0.508 e. The van der Waals surface area contributed by atoms with Crippen molar-refractivity contribution in [3.05, 3.63) is 29.8 Å². The fraction of sp³-hybridized carbons (Fsp3) is 0.676. The molecule has 12 nitrogen and oxygen atoms in total. The number of carbonyl (C=O) groups is 5. The number of carboxylic acids is 2. The zero-order valence-electron chi connectivity index (χ0n) is 27.5. The zero-order valence-corrected chi connectivity index (χ0v) is 27.5. The Bertz CT molecular complexity index is 1060. The molecule has 0 fully saturated rings. The lowest BCUT2D eigenvalue weighted by Gasteiger charge is -2.25. The van der Waals surface area contributed by atoms with Gasteiger partial charge in [-0.1, -0.05) is 96.1 Å². The van der Waals surface area contributed by atoms with Gasteiger partial charge in [0.25, 0.3) is 0 Å². The van der Waals surface area contributed by atoms with E-state index in [2.05, 4.69) is 22.9 Å². The second kappa shape index (κ2) is 23.6. The molecule has 0 aliphatic heterocycles. The molecule has 0 spiro atoms. The van der Waals surface area contributed by atoms with Gasteiger partial charge in [0, 0.05) is 19.3 Å². The summed E-state index contributed by atoms with van der Waals surface area (Å²) in [6, 6.07) is 1.79. The Morgan fingerprint density at radius 3 is 1.65 bits per heavy atom. The molecule has 7 N–H and O–H groups in total. The van der Waals surface area contributed by atoms with Gasteiger partial charge < -0.3 is 36.4 Å². The van der Waals surface area contributed by atoms with E-state index in [1.165, 1.54) is 76.8 Å². The highest BCUT2D eigenvalue weighted by atomic mass is 16.4. The van der Waals surface area contributed by atoms with Gasteiger partial charge in [-0.15, -0.1) is 0 Å². The molecule has 0 saturated carbocycles. The second-order valence-electron chi connectivity index (χ2n) is 12.0. The van der Waals surface area contributed by atoms with Crippen molar-refractivity contribution in [1.82, 2.24) is 16.0 Å². The molecule has 46 heavy (non-hydrogen) atoms. The standard InChI is InChI=1S/C34H55N3O9/c1-3-4-5-6-7-8-9-10-11-12-13-14-15-16-29(40)35-28(23-25-17-19-26(39)20-18-25)33(44)36-27(21-22-30(41)42)32(43)37-31(24(2)38)34(45)46/h17-20,24,27-28,31,38-39H,3-16,21-23H2,1-2H3,(H,35,40)(H,36,44)(H,37,43)(H,41,42)(H,45,46)/t24-,27+,28+,31+/m1/s1. The number of hydrogen-bond acceptors (Lipinski definition) is 7. The number of phenols is 1. The number of amides is 3. The van der Waals surface area contributed by atoms with Crippen LogP contribution in [0.3, 0.4) is 0 Å². The van der Waals surface area contributed by atoms with Gasteiger partial charge in [0.15, 0.2) is 6.04 Å². The predicted octanol–water partition coefficient (Wildman–Crippen LogP) is 4.20. The van der Waals surface area contributed by atoms with Gasteiger partial charge in [0.05, 0.1) is 6.10 Å². The van der Waals surface area contributed by atoms with Crippen LogP contribution in [0.25, 0.3) is 0 Å². The zero-order chi connectivity index (χ0) is 34.3. The number of benzene rings is 1. The summed E-state index contributed by atoms with van der Waals surface area (Å²) in [7, 11) is 0. The van der Waals surface area contributed by atoms with Crippen molar-refractivity contribution in [2.45, 2.75) is 147 Å². The van der Waals surface area contributed by atoms with E-state index >= 15 is 0 Å². The third-order valence-corrected chi connectivity index (χ3v) is 7.86. The highest BCUT2D eigenvalue weighted by molar-refractivity contribution is 5.93. The maximum atomic E-state index is 13.4. The predicted molar refractivity (Wildman–Crippen MR) is 174 cm³/mol. The van der Waals surface area contributed by atoms with Crippen LogP contribution in [0, 0.1) is 0 Å². The quantitative estimate of drug-likeness (QED) is 0.0718. The number of aliphatic hydroxyl groups is 1. The van der Waals surface area contributed by atoms with Crippen molar-refractivity contribution in [2.24, 2.45) is 0 Å². The van der Waals surface area contributed by atoms with E-state index in [4.69, 9.17) is 5.11 Å². The molecule has 0 unspecified atom stereocenters. The average molecular weight is 650 g/mol. The maximum Gasteiger partial charge on any atom is 0.328 e. The number of hydrogen-bond donors (Lipinski definition) is 7. The number of carboxylic acid groups (broad SMARTS) is 2. The van der Waals surface area contributed by atoms with Crippen molar-refractivity contribution in [2.75, 3.05) is 0 Å². The molecular weight excluding hydrogens is 594 g/mol. The summed E-state index contributed by atoms with van der Waals surface area (Å²) < 4.78 is 0. The number of carbonyl (C=O) groups excluding carboxylic acids is 3. The van der Waals surface area contributed by atoms with Crippen molar-refractivity contribution in [1.29, 1.82) is 0 Å². The molecule has 3 amide bonds. The minimum absolute atomic E-state index is 0.0210. The van der Waals surface area contributed by atoms with Crippen LogP contribution in [0.2, 0.25) is 0 Å². The van der Waals surface area contributed by atoms with E-state index < -0.39 is 54.4 Å². The van der Waals surface area contributed by atoms with Crippen LogP contribution in [0.5, 0.6) is 5.75 Å². The number of phenolic OH excluding ortho intramolecular Hbond substituents is 1. The Morgan fingerprint density at radius 2 is 1.17 bits per heavy atom. The van der Waals surface area contributed by atoms with Crippen LogP contribution < -0.4 is 16.0 Å². The average Bonchev–Trinajstić information content (AvgIpc) is 3.00. The van der Waals surface area contributed by atoms with Crippen LogP contribution in [-0.4, -0.2) is 74.3 Å². The van der Waals surface area contributed by atoms with Gasteiger partial charge in [-0.25, -0.2) is 4.79 Å². The number of nitrogens with one attached hydrogen (secondary N) is 3. The molecule has 0 saturated heterocycles. The molecule has 1 rings (SSSR count).